The van der Waals surface area contributed by atoms with Gasteiger partial charge >= 0.3 is 0 Å². The first-order chi connectivity index (χ1) is 13.7. The fraction of sp³-hybridized carbons (Fsp3) is 0.0500. The lowest BCUT2D eigenvalue weighted by molar-refractivity contribution is 0.0845. The number of aromatic nitrogens is 3. The third-order valence-corrected chi connectivity index (χ3v) is 5.41. The second-order valence-electron chi connectivity index (χ2n) is 6.24. The number of thiazole rings is 1. The number of rotatable bonds is 4. The second-order valence-corrected chi connectivity index (χ2v) is 7.10. The van der Waals surface area contributed by atoms with Crippen LogP contribution in [0.15, 0.2) is 54.2 Å². The molecule has 2 aromatic carbocycles. The molecule has 0 saturated heterocycles. The first-order valence-corrected chi connectivity index (χ1v) is 9.46. The molecule has 5 rings (SSSR count). The highest BCUT2D eigenvalue weighted by Gasteiger charge is 2.25. The van der Waals surface area contributed by atoms with Gasteiger partial charge in [-0.2, -0.15) is 0 Å². The Morgan fingerprint density at radius 2 is 1.75 bits per heavy atom. The van der Waals surface area contributed by atoms with E-state index >= 15 is 0 Å². The van der Waals surface area contributed by atoms with Crippen LogP contribution in [0.2, 0.25) is 0 Å². The van der Waals surface area contributed by atoms with Crippen LogP contribution in [0, 0.1) is 0 Å². The molecule has 1 aliphatic heterocycles. The van der Waals surface area contributed by atoms with Crippen molar-refractivity contribution in [3.63, 3.8) is 0 Å². The van der Waals surface area contributed by atoms with Gasteiger partial charge in [0, 0.05) is 45.4 Å². The molecule has 3 heterocycles. The maximum atomic E-state index is 12.1. The predicted molar refractivity (Wildman–Crippen MR) is 106 cm³/mol. The summed E-state index contributed by atoms with van der Waals surface area (Å²) in [6, 6.07) is 10.8. The lowest BCUT2D eigenvalue weighted by Crippen LogP contribution is -2.34. The Labute approximate surface area is 163 Å². The Hall–Kier alpha value is -3.65. The molecule has 1 aliphatic rings. The molecule has 0 fully saturated rings. The van der Waals surface area contributed by atoms with Gasteiger partial charge in [-0.1, -0.05) is 12.1 Å². The van der Waals surface area contributed by atoms with Gasteiger partial charge < -0.3 is 5.32 Å². The van der Waals surface area contributed by atoms with E-state index in [-0.39, 0.29) is 11.8 Å². The first kappa shape index (κ1) is 16.5. The molecule has 0 bridgehead atoms. The number of hydrogen-bond acceptors (Lipinski definition) is 7. The van der Waals surface area contributed by atoms with Gasteiger partial charge in [0.25, 0.3) is 11.8 Å². The molecule has 8 heteroatoms. The summed E-state index contributed by atoms with van der Waals surface area (Å²) >= 11 is 1.49. The summed E-state index contributed by atoms with van der Waals surface area (Å²) in [5, 5.41) is 9.97. The summed E-state index contributed by atoms with van der Waals surface area (Å²) < 4.78 is 0. The number of imide groups is 1. The van der Waals surface area contributed by atoms with Gasteiger partial charge in [-0.25, -0.2) is 15.0 Å². The molecular weight excluding hydrogens is 374 g/mol. The Balaban J connectivity index is 1.46. The van der Waals surface area contributed by atoms with Gasteiger partial charge in [0.05, 0.1) is 12.2 Å². The number of carbonyl (C=O) groups is 2. The van der Waals surface area contributed by atoms with E-state index < -0.39 is 0 Å². The van der Waals surface area contributed by atoms with Crippen LogP contribution in [0.1, 0.15) is 26.4 Å². The third-order valence-electron chi connectivity index (χ3n) is 4.53. The minimum atomic E-state index is -0.368. The fourth-order valence-electron chi connectivity index (χ4n) is 3.26. The SMILES string of the molecule is O=C1NC(=O)c2ccc(NCc3csc(-c4ncccn4)n3)c3cccc1c23. The van der Waals surface area contributed by atoms with Crippen LogP contribution in [0.4, 0.5) is 5.69 Å². The molecule has 136 valence electrons. The van der Waals surface area contributed by atoms with Crippen molar-refractivity contribution in [2.75, 3.05) is 5.32 Å². The number of carbonyl (C=O) groups excluding carboxylic acids is 2. The summed E-state index contributed by atoms with van der Waals surface area (Å²) in [6.07, 6.45) is 3.38. The summed E-state index contributed by atoms with van der Waals surface area (Å²) in [5.74, 6) is -0.135. The zero-order chi connectivity index (χ0) is 19.1. The average molecular weight is 387 g/mol. The van der Waals surface area contributed by atoms with Crippen LogP contribution in [-0.4, -0.2) is 26.8 Å². The van der Waals surface area contributed by atoms with Crippen LogP contribution in [-0.2, 0) is 6.54 Å². The van der Waals surface area contributed by atoms with Crippen LogP contribution in [0.5, 0.6) is 0 Å². The topological polar surface area (TPSA) is 96.9 Å². The molecule has 0 atom stereocenters. The zero-order valence-electron chi connectivity index (χ0n) is 14.5. The van der Waals surface area contributed by atoms with Gasteiger partial charge in [0.2, 0.25) is 0 Å². The van der Waals surface area contributed by atoms with E-state index in [0.29, 0.717) is 28.9 Å². The van der Waals surface area contributed by atoms with Crippen molar-refractivity contribution in [3.05, 3.63) is 71.0 Å². The number of benzene rings is 2. The van der Waals surface area contributed by atoms with E-state index in [9.17, 15) is 9.59 Å². The van der Waals surface area contributed by atoms with Gasteiger partial charge in [0.15, 0.2) is 10.8 Å². The van der Waals surface area contributed by atoms with Crippen molar-refractivity contribution in [2.24, 2.45) is 0 Å². The maximum Gasteiger partial charge on any atom is 0.258 e. The molecule has 7 nitrogen and oxygen atoms in total. The van der Waals surface area contributed by atoms with Crippen LogP contribution in [0.3, 0.4) is 0 Å². The van der Waals surface area contributed by atoms with E-state index in [1.54, 1.807) is 30.6 Å². The van der Waals surface area contributed by atoms with Gasteiger partial charge in [0.1, 0.15) is 0 Å². The molecule has 2 amide bonds. The molecule has 0 radical (unpaired) electrons. The standard InChI is InChI=1S/C20H13N5O2S/c26-18-13-4-1-3-12-15(6-5-14(16(12)13)19(27)25-18)23-9-11-10-28-20(24-11)17-21-7-2-8-22-17/h1-8,10,23H,9H2,(H,25,26,27). The van der Waals surface area contributed by atoms with E-state index in [4.69, 9.17) is 0 Å². The van der Waals surface area contributed by atoms with Crippen molar-refractivity contribution in [1.82, 2.24) is 20.3 Å². The van der Waals surface area contributed by atoms with Gasteiger partial charge in [-0.15, -0.1) is 11.3 Å². The Kier molecular flexibility index (Phi) is 3.84. The van der Waals surface area contributed by atoms with E-state index in [2.05, 4.69) is 25.6 Å². The van der Waals surface area contributed by atoms with E-state index in [0.717, 1.165) is 21.8 Å². The molecule has 4 aromatic rings. The number of hydrogen-bond donors (Lipinski definition) is 2. The zero-order valence-corrected chi connectivity index (χ0v) is 15.3. The molecule has 0 unspecified atom stereocenters. The average Bonchev–Trinajstić information content (AvgIpc) is 3.20. The van der Waals surface area contributed by atoms with Crippen LogP contribution >= 0.6 is 11.3 Å². The van der Waals surface area contributed by atoms with Gasteiger partial charge in [-0.3, -0.25) is 14.9 Å². The smallest absolute Gasteiger partial charge is 0.258 e. The summed E-state index contributed by atoms with van der Waals surface area (Å²) in [4.78, 5) is 37.3. The fourth-order valence-corrected chi connectivity index (χ4v) is 4.03. The van der Waals surface area contributed by atoms with Crippen molar-refractivity contribution in [1.29, 1.82) is 0 Å². The van der Waals surface area contributed by atoms with Crippen molar-refractivity contribution in [3.8, 4) is 10.8 Å². The van der Waals surface area contributed by atoms with Crippen molar-refractivity contribution >= 4 is 39.6 Å². The minimum absolute atomic E-state index is 0.368. The molecule has 0 saturated carbocycles. The molecule has 2 aromatic heterocycles. The molecule has 28 heavy (non-hydrogen) atoms. The van der Waals surface area contributed by atoms with Crippen molar-refractivity contribution < 1.29 is 9.59 Å². The monoisotopic (exact) mass is 387 g/mol. The first-order valence-electron chi connectivity index (χ1n) is 8.58. The van der Waals surface area contributed by atoms with E-state index in [1.165, 1.54) is 11.3 Å². The molecular formula is C20H13N5O2S. The van der Waals surface area contributed by atoms with E-state index in [1.807, 2.05) is 23.6 Å². The minimum Gasteiger partial charge on any atom is -0.379 e. The highest BCUT2D eigenvalue weighted by Crippen LogP contribution is 2.32. The maximum absolute atomic E-state index is 12.1. The highest BCUT2D eigenvalue weighted by molar-refractivity contribution is 7.13. The Bertz CT molecular complexity index is 1220. The molecule has 2 N–H and O–H groups in total. The third kappa shape index (κ3) is 2.71. The lowest BCUT2D eigenvalue weighted by Gasteiger charge is -2.18. The normalized spacial score (nSPS) is 12.9. The molecule has 0 aliphatic carbocycles. The quantitative estimate of drug-likeness (QED) is 0.522. The van der Waals surface area contributed by atoms with Crippen molar-refractivity contribution in [2.45, 2.75) is 6.54 Å². The summed E-state index contributed by atoms with van der Waals surface area (Å²) in [5.41, 5.74) is 2.72. The summed E-state index contributed by atoms with van der Waals surface area (Å²) in [6.45, 7) is 0.502. The summed E-state index contributed by atoms with van der Waals surface area (Å²) in [7, 11) is 0. The largest absolute Gasteiger partial charge is 0.379 e. The van der Waals surface area contributed by atoms with Crippen LogP contribution < -0.4 is 10.6 Å². The Morgan fingerprint density at radius 3 is 2.57 bits per heavy atom. The lowest BCUT2D eigenvalue weighted by atomic mass is 9.94. The number of amides is 2. The molecule has 0 spiro atoms. The second kappa shape index (κ2) is 6.50. The Morgan fingerprint density at radius 1 is 0.964 bits per heavy atom. The predicted octanol–water partition coefficient (Wildman–Crippen LogP) is 3.25. The number of nitrogens with zero attached hydrogens (tertiary/aromatic N) is 3. The van der Waals surface area contributed by atoms with Gasteiger partial charge in [-0.05, 0) is 24.3 Å². The number of nitrogens with one attached hydrogen (secondary N) is 2. The number of anilines is 1. The highest BCUT2D eigenvalue weighted by atomic mass is 32.1. The van der Waals surface area contributed by atoms with Crippen LogP contribution in [0.25, 0.3) is 21.6 Å².